The summed E-state index contributed by atoms with van der Waals surface area (Å²) in [6.45, 7) is 18.0. The number of unbranched alkanes of at least 4 members (excludes halogenated alkanes) is 2. The summed E-state index contributed by atoms with van der Waals surface area (Å²) in [5.74, 6) is 0.922. The summed E-state index contributed by atoms with van der Waals surface area (Å²) in [5, 5.41) is 0. The van der Waals surface area contributed by atoms with Gasteiger partial charge in [0, 0.05) is 25.0 Å². The van der Waals surface area contributed by atoms with Crippen LogP contribution < -0.4 is 4.90 Å². The molecule has 0 aliphatic heterocycles. The minimum absolute atomic E-state index is 0.595. The Labute approximate surface area is 158 Å². The van der Waals surface area contributed by atoms with Crippen molar-refractivity contribution in [3.63, 3.8) is 0 Å². The minimum Gasteiger partial charge on any atom is -0.338 e. The van der Waals surface area contributed by atoms with Crippen molar-refractivity contribution in [3.05, 3.63) is 18.0 Å². The van der Waals surface area contributed by atoms with Crippen LogP contribution in [0.1, 0.15) is 106 Å². The van der Waals surface area contributed by atoms with Gasteiger partial charge in [-0.3, -0.25) is 0 Å². The molecule has 0 aliphatic carbocycles. The van der Waals surface area contributed by atoms with E-state index in [0.29, 0.717) is 6.04 Å². The van der Waals surface area contributed by atoms with Crippen molar-refractivity contribution in [1.29, 1.82) is 0 Å². The van der Waals surface area contributed by atoms with Gasteiger partial charge in [-0.1, -0.05) is 81.1 Å². The molecule has 1 aromatic rings. The molecule has 1 heterocycles. The molecule has 1 rings (SSSR count). The average molecular weight is 352 g/mol. The maximum atomic E-state index is 4.62. The van der Waals surface area contributed by atoms with E-state index in [0.717, 1.165) is 25.3 Å². The summed E-state index contributed by atoms with van der Waals surface area (Å²) >= 11 is 0. The second kappa shape index (κ2) is 19.2. The van der Waals surface area contributed by atoms with E-state index in [1.807, 2.05) is 40.1 Å². The van der Waals surface area contributed by atoms with Crippen molar-refractivity contribution < 1.29 is 0 Å². The van der Waals surface area contributed by atoms with Crippen LogP contribution >= 0.6 is 0 Å². The van der Waals surface area contributed by atoms with Gasteiger partial charge in [0.1, 0.15) is 0 Å². The lowest BCUT2D eigenvalue weighted by Gasteiger charge is -2.32. The Hall–Kier alpha value is -1.12. The van der Waals surface area contributed by atoms with E-state index >= 15 is 0 Å². The first kappa shape index (κ1) is 26.1. The van der Waals surface area contributed by atoms with Crippen molar-refractivity contribution in [3.8, 4) is 0 Å². The third-order valence-corrected chi connectivity index (χ3v) is 4.04. The lowest BCUT2D eigenvalue weighted by Crippen LogP contribution is -2.37. The lowest BCUT2D eigenvalue weighted by atomic mass is 10.0. The highest BCUT2D eigenvalue weighted by Crippen LogP contribution is 2.20. The van der Waals surface area contributed by atoms with Crippen LogP contribution in [0.2, 0.25) is 0 Å². The summed E-state index contributed by atoms with van der Waals surface area (Å²) in [6, 6.07) is 0.595. The molecule has 0 radical (unpaired) electrons. The number of aryl methyl sites for hydroxylation is 1. The molecule has 25 heavy (non-hydrogen) atoms. The van der Waals surface area contributed by atoms with E-state index in [9.17, 15) is 0 Å². The van der Waals surface area contributed by atoms with Crippen molar-refractivity contribution in [2.75, 3.05) is 11.4 Å². The first-order valence-electron chi connectivity index (χ1n) is 10.8. The first-order chi connectivity index (χ1) is 12.3. The van der Waals surface area contributed by atoms with Crippen molar-refractivity contribution >= 4 is 5.95 Å². The van der Waals surface area contributed by atoms with E-state index in [1.165, 1.54) is 44.1 Å². The largest absolute Gasteiger partial charge is 0.338 e. The Morgan fingerprint density at radius 3 is 1.64 bits per heavy atom. The first-order valence-corrected chi connectivity index (χ1v) is 10.8. The van der Waals surface area contributed by atoms with Gasteiger partial charge in [-0.05, 0) is 31.2 Å². The highest BCUT2D eigenvalue weighted by molar-refractivity contribution is 5.31. The summed E-state index contributed by atoms with van der Waals surface area (Å²) in [4.78, 5) is 11.7. The molecular weight excluding hydrogens is 306 g/mol. The molecule has 148 valence electrons. The molecule has 0 aromatic carbocycles. The number of anilines is 1. The Morgan fingerprint density at radius 1 is 0.800 bits per heavy atom. The molecule has 1 aromatic heterocycles. The Balaban J connectivity index is 0. The van der Waals surface area contributed by atoms with E-state index in [1.54, 1.807) is 0 Å². The second-order valence-corrected chi connectivity index (χ2v) is 5.88. The van der Waals surface area contributed by atoms with Crippen LogP contribution in [0.5, 0.6) is 0 Å². The summed E-state index contributed by atoms with van der Waals surface area (Å²) < 4.78 is 0. The zero-order valence-electron chi connectivity index (χ0n) is 18.4. The number of nitrogens with zero attached hydrogens (tertiary/aromatic N) is 3. The normalized spacial score (nSPS) is 9.80. The molecule has 0 saturated carbocycles. The van der Waals surface area contributed by atoms with Crippen molar-refractivity contribution in [2.45, 2.75) is 113 Å². The van der Waals surface area contributed by atoms with Gasteiger partial charge >= 0.3 is 0 Å². The molecular formula is C22H45N3. The molecule has 0 atom stereocenters. The van der Waals surface area contributed by atoms with Crippen molar-refractivity contribution in [2.24, 2.45) is 0 Å². The summed E-state index contributed by atoms with van der Waals surface area (Å²) in [5.41, 5.74) is 1.22. The van der Waals surface area contributed by atoms with Crippen LogP contribution in [0.3, 0.4) is 0 Å². The highest BCUT2D eigenvalue weighted by atomic mass is 15.3. The molecule has 3 heteroatoms. The number of hydrogen-bond acceptors (Lipinski definition) is 3. The molecule has 0 bridgehead atoms. The van der Waals surface area contributed by atoms with E-state index < -0.39 is 0 Å². The summed E-state index contributed by atoms with van der Waals surface area (Å²) in [7, 11) is 0. The fourth-order valence-corrected chi connectivity index (χ4v) is 2.70. The van der Waals surface area contributed by atoms with Gasteiger partial charge in [0.25, 0.3) is 0 Å². The van der Waals surface area contributed by atoms with Gasteiger partial charge in [-0.25, -0.2) is 9.97 Å². The number of rotatable bonds is 11. The predicted molar refractivity (Wildman–Crippen MR) is 115 cm³/mol. The number of aromatic nitrogens is 2. The molecule has 0 saturated heterocycles. The van der Waals surface area contributed by atoms with E-state index in [4.69, 9.17) is 0 Å². The fraction of sp³-hybridized carbons (Fsp3) is 0.818. The summed E-state index contributed by atoms with van der Waals surface area (Å²) in [6.07, 6.45) is 13.8. The quantitative estimate of drug-likeness (QED) is 0.427. The maximum absolute atomic E-state index is 4.62. The maximum Gasteiger partial charge on any atom is 0.225 e. The average Bonchev–Trinajstić information content (AvgIpc) is 2.70. The number of hydrogen-bond donors (Lipinski definition) is 0. The van der Waals surface area contributed by atoms with Gasteiger partial charge in [0.05, 0.1) is 0 Å². The van der Waals surface area contributed by atoms with Crippen LogP contribution in [-0.2, 0) is 6.42 Å². The molecule has 0 aliphatic rings. The smallest absolute Gasteiger partial charge is 0.225 e. The van der Waals surface area contributed by atoms with Gasteiger partial charge in [0.2, 0.25) is 5.95 Å². The van der Waals surface area contributed by atoms with Gasteiger partial charge in [-0.15, -0.1) is 0 Å². The molecule has 0 amide bonds. The predicted octanol–water partition coefficient (Wildman–Crippen LogP) is 7.06. The van der Waals surface area contributed by atoms with Crippen molar-refractivity contribution in [1.82, 2.24) is 9.97 Å². The molecule has 3 nitrogen and oxygen atoms in total. The zero-order chi connectivity index (χ0) is 19.5. The standard InChI is InChI=1S/C18H33N3.2C2H6/c1-5-9-11-17(12-10-6-2)21(13-7-3)18-19-14-16(8-4)15-20-18;2*1-2/h14-15,17H,5-13H2,1-4H3;2*1-2H3. The Bertz CT molecular complexity index is 354. The molecule has 0 N–H and O–H groups in total. The molecule has 0 fully saturated rings. The van der Waals surface area contributed by atoms with Gasteiger partial charge < -0.3 is 4.90 Å². The van der Waals surface area contributed by atoms with Crippen LogP contribution in [0.25, 0.3) is 0 Å². The zero-order valence-corrected chi connectivity index (χ0v) is 18.4. The van der Waals surface area contributed by atoms with Gasteiger partial charge in [-0.2, -0.15) is 0 Å². The van der Waals surface area contributed by atoms with Crippen LogP contribution in [0, 0.1) is 0 Å². The highest BCUT2D eigenvalue weighted by Gasteiger charge is 2.19. The fourth-order valence-electron chi connectivity index (χ4n) is 2.70. The van der Waals surface area contributed by atoms with E-state index in [2.05, 4.69) is 42.6 Å². The lowest BCUT2D eigenvalue weighted by molar-refractivity contribution is 0.471. The van der Waals surface area contributed by atoms with Crippen LogP contribution in [-0.4, -0.2) is 22.6 Å². The third kappa shape index (κ3) is 11.2. The second-order valence-electron chi connectivity index (χ2n) is 5.88. The third-order valence-electron chi connectivity index (χ3n) is 4.04. The Kier molecular flexibility index (Phi) is 20.1. The SMILES string of the molecule is CC.CC.CCCCC(CCCC)N(CCC)c1ncc(CC)cn1. The van der Waals surface area contributed by atoms with Gasteiger partial charge in [0.15, 0.2) is 0 Å². The van der Waals surface area contributed by atoms with Crippen LogP contribution in [0.4, 0.5) is 5.95 Å². The molecule has 0 unspecified atom stereocenters. The topological polar surface area (TPSA) is 29.0 Å². The van der Waals surface area contributed by atoms with E-state index in [-0.39, 0.29) is 0 Å². The Morgan fingerprint density at radius 2 is 1.28 bits per heavy atom. The monoisotopic (exact) mass is 351 g/mol. The molecule has 0 spiro atoms. The minimum atomic E-state index is 0.595. The van der Waals surface area contributed by atoms with Crippen LogP contribution in [0.15, 0.2) is 12.4 Å².